The number of nitrogens with zero attached hydrogens (tertiary/aromatic N) is 2. The minimum absolute atomic E-state index is 0.171. The summed E-state index contributed by atoms with van der Waals surface area (Å²) in [6, 6.07) is 8.77. The number of hydrogen-bond acceptors (Lipinski definition) is 7. The molecule has 3 rings (SSSR count). The summed E-state index contributed by atoms with van der Waals surface area (Å²) in [5, 5.41) is 0. The van der Waals surface area contributed by atoms with E-state index in [0.717, 1.165) is 12.1 Å². The highest BCUT2D eigenvalue weighted by Gasteiger charge is 2.43. The van der Waals surface area contributed by atoms with Gasteiger partial charge in [0.05, 0.1) is 40.2 Å². The van der Waals surface area contributed by atoms with Crippen molar-refractivity contribution in [2.24, 2.45) is 0 Å². The Balaban J connectivity index is 1.98. The molecule has 2 aromatic carbocycles. The Labute approximate surface area is 188 Å². The Morgan fingerprint density at radius 3 is 2.06 bits per heavy atom. The van der Waals surface area contributed by atoms with Gasteiger partial charge in [0.1, 0.15) is 6.61 Å². The number of methoxy groups -OCH3 is 4. The lowest BCUT2D eigenvalue weighted by Gasteiger charge is -2.42. The van der Waals surface area contributed by atoms with Gasteiger partial charge in [-0.05, 0) is 31.8 Å². The highest BCUT2D eigenvalue weighted by atomic mass is 16.5. The molecule has 8 heteroatoms. The lowest BCUT2D eigenvalue weighted by atomic mass is 9.88. The number of anilines is 1. The van der Waals surface area contributed by atoms with Gasteiger partial charge in [-0.1, -0.05) is 12.6 Å². The molecule has 0 aliphatic carbocycles. The van der Waals surface area contributed by atoms with Crippen LogP contribution in [0.1, 0.15) is 11.6 Å². The molecule has 0 saturated carbocycles. The molecule has 0 N–H and O–H groups in total. The molecular weight excluding hydrogens is 412 g/mol. The predicted octanol–water partition coefficient (Wildman–Crippen LogP) is 3.31. The SMILES string of the molecule is C=C1C(=O)N(c2cc(OC)c(OC)c(OC)c2)[C@H]1c1ccc(OC)c(OCCN(C)C)c1. The van der Waals surface area contributed by atoms with Crippen molar-refractivity contribution in [3.8, 4) is 28.7 Å². The largest absolute Gasteiger partial charge is 0.493 e. The third-order valence-corrected chi connectivity index (χ3v) is 5.31. The number of hydrogen-bond donors (Lipinski definition) is 0. The molecule has 0 radical (unpaired) electrons. The van der Waals surface area contributed by atoms with Crippen molar-refractivity contribution in [2.75, 3.05) is 60.6 Å². The van der Waals surface area contributed by atoms with Gasteiger partial charge in [0.15, 0.2) is 23.0 Å². The summed E-state index contributed by atoms with van der Waals surface area (Å²) >= 11 is 0. The fourth-order valence-electron chi connectivity index (χ4n) is 3.62. The van der Waals surface area contributed by atoms with Gasteiger partial charge in [-0.2, -0.15) is 0 Å². The maximum Gasteiger partial charge on any atom is 0.256 e. The minimum atomic E-state index is -0.354. The van der Waals surface area contributed by atoms with Crippen LogP contribution in [0.15, 0.2) is 42.5 Å². The first-order valence-electron chi connectivity index (χ1n) is 10.1. The van der Waals surface area contributed by atoms with E-state index in [1.54, 1.807) is 24.1 Å². The molecule has 32 heavy (non-hydrogen) atoms. The second-order valence-corrected chi connectivity index (χ2v) is 7.55. The van der Waals surface area contributed by atoms with Crippen molar-refractivity contribution < 1.29 is 28.5 Å². The molecule has 1 aliphatic rings. The molecule has 8 nitrogen and oxygen atoms in total. The van der Waals surface area contributed by atoms with Crippen LogP contribution in [0.25, 0.3) is 0 Å². The highest BCUT2D eigenvalue weighted by molar-refractivity contribution is 6.15. The van der Waals surface area contributed by atoms with E-state index < -0.39 is 0 Å². The number of rotatable bonds is 10. The van der Waals surface area contributed by atoms with Gasteiger partial charge in [-0.15, -0.1) is 0 Å². The lowest BCUT2D eigenvalue weighted by molar-refractivity contribution is -0.118. The summed E-state index contributed by atoms with van der Waals surface area (Å²) in [6.07, 6.45) is 0. The van der Waals surface area contributed by atoms with Gasteiger partial charge in [-0.25, -0.2) is 0 Å². The predicted molar refractivity (Wildman–Crippen MR) is 123 cm³/mol. The molecule has 1 fully saturated rings. The van der Waals surface area contributed by atoms with E-state index in [9.17, 15) is 4.79 Å². The van der Waals surface area contributed by atoms with Crippen LogP contribution in [0.4, 0.5) is 5.69 Å². The number of benzene rings is 2. The van der Waals surface area contributed by atoms with Gasteiger partial charge in [-0.3, -0.25) is 9.69 Å². The van der Waals surface area contributed by atoms with E-state index in [-0.39, 0.29) is 11.9 Å². The van der Waals surface area contributed by atoms with Crippen LogP contribution in [-0.4, -0.2) is 66.5 Å². The van der Waals surface area contributed by atoms with Crippen molar-refractivity contribution in [2.45, 2.75) is 6.04 Å². The number of ether oxygens (including phenoxy) is 5. The molecule has 0 spiro atoms. The van der Waals surface area contributed by atoms with Crippen molar-refractivity contribution in [1.29, 1.82) is 0 Å². The summed E-state index contributed by atoms with van der Waals surface area (Å²) in [5.41, 5.74) is 1.97. The Hall–Kier alpha value is -3.39. The standard InChI is InChI=1S/C24H30N2O6/c1-15-22(16-8-9-18(28-4)19(12-16)32-11-10-25(2)3)26(24(15)27)17-13-20(29-5)23(31-7)21(14-17)30-6/h8-9,12-14,22H,1,10-11H2,2-7H3/t22-/m1/s1. The molecule has 1 amide bonds. The van der Waals surface area contributed by atoms with Gasteiger partial charge in [0, 0.05) is 24.3 Å². The minimum Gasteiger partial charge on any atom is -0.493 e. The molecule has 1 atom stereocenters. The van der Waals surface area contributed by atoms with Crippen molar-refractivity contribution in [3.63, 3.8) is 0 Å². The topological polar surface area (TPSA) is 69.7 Å². The average molecular weight is 443 g/mol. The lowest BCUT2D eigenvalue weighted by Crippen LogP contribution is -2.48. The first-order chi connectivity index (χ1) is 15.4. The van der Waals surface area contributed by atoms with Gasteiger partial charge >= 0.3 is 0 Å². The summed E-state index contributed by atoms with van der Waals surface area (Å²) in [4.78, 5) is 16.5. The van der Waals surface area contributed by atoms with Crippen molar-refractivity contribution in [3.05, 3.63) is 48.0 Å². The molecule has 1 heterocycles. The molecule has 1 aliphatic heterocycles. The average Bonchev–Trinajstić information content (AvgIpc) is 2.80. The van der Waals surface area contributed by atoms with E-state index >= 15 is 0 Å². The number of likely N-dealkylation sites (N-methyl/N-ethyl adjacent to an activating group) is 1. The molecule has 0 aromatic heterocycles. The Kier molecular flexibility index (Phi) is 7.15. The zero-order valence-electron chi connectivity index (χ0n) is 19.4. The number of carbonyl (C=O) groups excluding carboxylic acids is 1. The second-order valence-electron chi connectivity index (χ2n) is 7.55. The van der Waals surface area contributed by atoms with Crippen LogP contribution >= 0.6 is 0 Å². The van der Waals surface area contributed by atoms with Crippen LogP contribution in [-0.2, 0) is 4.79 Å². The van der Waals surface area contributed by atoms with E-state index in [4.69, 9.17) is 23.7 Å². The van der Waals surface area contributed by atoms with E-state index in [1.165, 1.54) is 21.3 Å². The zero-order valence-corrected chi connectivity index (χ0v) is 19.4. The van der Waals surface area contributed by atoms with Crippen molar-refractivity contribution in [1.82, 2.24) is 4.90 Å². The fraction of sp³-hybridized carbons (Fsp3) is 0.375. The smallest absolute Gasteiger partial charge is 0.256 e. The van der Waals surface area contributed by atoms with Gasteiger partial charge in [0.25, 0.3) is 5.91 Å². The Bertz CT molecular complexity index is 979. The number of amides is 1. The second kappa shape index (κ2) is 9.82. The van der Waals surface area contributed by atoms with Crippen LogP contribution in [0.5, 0.6) is 28.7 Å². The van der Waals surface area contributed by atoms with Crippen LogP contribution < -0.4 is 28.6 Å². The maximum absolute atomic E-state index is 12.8. The molecular formula is C24H30N2O6. The van der Waals surface area contributed by atoms with Crippen molar-refractivity contribution >= 4 is 11.6 Å². The summed E-state index contributed by atoms with van der Waals surface area (Å²) < 4.78 is 27.7. The quantitative estimate of drug-likeness (QED) is 0.413. The van der Waals surface area contributed by atoms with Crippen LogP contribution in [0.2, 0.25) is 0 Å². The first-order valence-corrected chi connectivity index (χ1v) is 10.1. The number of carbonyl (C=O) groups is 1. The Morgan fingerprint density at radius 2 is 1.53 bits per heavy atom. The zero-order chi connectivity index (χ0) is 23.4. The highest BCUT2D eigenvalue weighted by Crippen LogP contribution is 2.48. The maximum atomic E-state index is 12.8. The summed E-state index contributed by atoms with van der Waals surface area (Å²) in [5.74, 6) is 2.46. The Morgan fingerprint density at radius 1 is 0.906 bits per heavy atom. The fourth-order valence-corrected chi connectivity index (χ4v) is 3.62. The third kappa shape index (κ3) is 4.31. The summed E-state index contributed by atoms with van der Waals surface area (Å²) in [6.45, 7) is 5.27. The van der Waals surface area contributed by atoms with E-state index in [2.05, 4.69) is 6.58 Å². The first kappa shape index (κ1) is 23.3. The van der Waals surface area contributed by atoms with Crippen LogP contribution in [0.3, 0.4) is 0 Å². The third-order valence-electron chi connectivity index (χ3n) is 5.31. The molecule has 172 valence electrons. The van der Waals surface area contributed by atoms with Crippen LogP contribution in [0, 0.1) is 0 Å². The van der Waals surface area contributed by atoms with E-state index in [1.807, 2.05) is 37.2 Å². The number of β-lactam (4-membered cyclic amide) rings is 1. The van der Waals surface area contributed by atoms with Gasteiger partial charge in [0.2, 0.25) is 5.75 Å². The van der Waals surface area contributed by atoms with Gasteiger partial charge < -0.3 is 28.6 Å². The normalized spacial score (nSPS) is 15.5. The molecule has 2 aromatic rings. The monoisotopic (exact) mass is 442 g/mol. The molecule has 0 bridgehead atoms. The molecule has 0 unspecified atom stereocenters. The summed E-state index contributed by atoms with van der Waals surface area (Å²) in [7, 11) is 10.2. The molecule has 1 saturated heterocycles. The van der Waals surface area contributed by atoms with E-state index in [0.29, 0.717) is 46.6 Å².